The third-order valence-electron chi connectivity index (χ3n) is 2.66. The van der Waals surface area contributed by atoms with Crippen LogP contribution in [-0.2, 0) is 4.74 Å². The van der Waals surface area contributed by atoms with Crippen LogP contribution in [0, 0.1) is 11.5 Å². The maximum atomic E-state index is 10.1. The van der Waals surface area contributed by atoms with E-state index in [1.807, 2.05) is 6.92 Å². The van der Waals surface area contributed by atoms with Crippen molar-refractivity contribution >= 4 is 8.07 Å². The zero-order chi connectivity index (χ0) is 12.8. The van der Waals surface area contributed by atoms with E-state index in [1.165, 1.54) is 0 Å². The summed E-state index contributed by atoms with van der Waals surface area (Å²) in [7, 11) is 0.228. The van der Waals surface area contributed by atoms with Crippen LogP contribution in [0.2, 0.25) is 19.6 Å². The first-order valence-electron chi connectivity index (χ1n) is 6.01. The highest BCUT2D eigenvalue weighted by atomic mass is 28.3. The Balaban J connectivity index is 4.62. The number of rotatable bonds is 5. The highest BCUT2D eigenvalue weighted by molar-refractivity contribution is 6.83. The van der Waals surface area contributed by atoms with E-state index in [4.69, 9.17) is 4.74 Å². The molecule has 0 spiro atoms. The number of aliphatic hydroxyl groups is 1. The van der Waals surface area contributed by atoms with E-state index in [9.17, 15) is 5.11 Å². The summed E-state index contributed by atoms with van der Waals surface area (Å²) in [6, 6.07) is 0. The maximum Gasteiger partial charge on any atom is 0.142 e. The van der Waals surface area contributed by atoms with Gasteiger partial charge in [0.2, 0.25) is 0 Å². The van der Waals surface area contributed by atoms with Gasteiger partial charge in [-0.25, -0.2) is 0 Å². The van der Waals surface area contributed by atoms with Gasteiger partial charge in [0, 0.05) is 7.11 Å². The maximum absolute atomic E-state index is 10.1. The van der Waals surface area contributed by atoms with E-state index >= 15 is 0 Å². The molecule has 0 aromatic heterocycles. The van der Waals surface area contributed by atoms with Crippen molar-refractivity contribution in [1.82, 2.24) is 0 Å². The molecule has 0 saturated heterocycles. The van der Waals surface area contributed by atoms with Gasteiger partial charge in [-0.3, -0.25) is 0 Å². The predicted molar refractivity (Wildman–Crippen MR) is 72.1 cm³/mol. The van der Waals surface area contributed by atoms with Gasteiger partial charge in [-0.2, -0.15) is 0 Å². The van der Waals surface area contributed by atoms with Gasteiger partial charge in [-0.15, -0.1) is 5.54 Å². The Bertz CT molecular complexity index is 259. The third kappa shape index (κ3) is 5.69. The van der Waals surface area contributed by atoms with Crippen LogP contribution in [0.3, 0.4) is 0 Å². The number of aliphatic hydroxyl groups excluding tert-OH is 1. The van der Waals surface area contributed by atoms with Crippen molar-refractivity contribution in [3.8, 4) is 11.5 Å². The molecular formula is C13H26O2Si. The molecule has 0 fully saturated rings. The molecule has 16 heavy (non-hydrogen) atoms. The molecule has 0 radical (unpaired) electrons. The van der Waals surface area contributed by atoms with E-state index in [1.54, 1.807) is 7.11 Å². The molecule has 0 aliphatic rings. The molecule has 1 N–H and O–H groups in total. The Morgan fingerprint density at radius 3 is 2.31 bits per heavy atom. The van der Waals surface area contributed by atoms with E-state index in [2.05, 4.69) is 38.0 Å². The van der Waals surface area contributed by atoms with Crippen molar-refractivity contribution in [3.63, 3.8) is 0 Å². The molecule has 2 atom stereocenters. The highest BCUT2D eigenvalue weighted by Gasteiger charge is 2.31. The van der Waals surface area contributed by atoms with E-state index < -0.39 is 19.8 Å². The molecular weight excluding hydrogens is 216 g/mol. The Labute approximate surface area is 101 Å². The van der Waals surface area contributed by atoms with E-state index in [0.717, 1.165) is 19.3 Å². The highest BCUT2D eigenvalue weighted by Crippen LogP contribution is 2.22. The standard InChI is InChI=1S/C13H26O2Si/c1-7-8-10-13(2,15-3)12(14)9-11-16(4,5)6/h12,14H,7-8,10H2,1-6H3/t12-,13+/m0/s1. The van der Waals surface area contributed by atoms with Gasteiger partial charge in [0.1, 0.15) is 19.8 Å². The lowest BCUT2D eigenvalue weighted by Crippen LogP contribution is -2.40. The smallest absolute Gasteiger partial charge is 0.142 e. The molecule has 0 aliphatic heterocycles. The van der Waals surface area contributed by atoms with Crippen LogP contribution >= 0.6 is 0 Å². The van der Waals surface area contributed by atoms with Crippen molar-refractivity contribution < 1.29 is 9.84 Å². The SMILES string of the molecule is CCCC[C@@](C)(OC)[C@@H](O)C#C[Si](C)(C)C. The number of hydrogen-bond acceptors (Lipinski definition) is 2. The lowest BCUT2D eigenvalue weighted by Gasteiger charge is -2.30. The van der Waals surface area contributed by atoms with Gasteiger partial charge in [0.25, 0.3) is 0 Å². The first kappa shape index (κ1) is 15.7. The summed E-state index contributed by atoms with van der Waals surface area (Å²) < 4.78 is 5.43. The van der Waals surface area contributed by atoms with Crippen molar-refractivity contribution in [2.24, 2.45) is 0 Å². The minimum absolute atomic E-state index is 0.525. The summed E-state index contributed by atoms with van der Waals surface area (Å²) in [5.41, 5.74) is 2.67. The van der Waals surface area contributed by atoms with Crippen LogP contribution in [0.15, 0.2) is 0 Å². The second-order valence-electron chi connectivity index (χ2n) is 5.54. The normalized spacial score (nSPS) is 17.2. The van der Waals surface area contributed by atoms with Crippen LogP contribution in [0.25, 0.3) is 0 Å². The topological polar surface area (TPSA) is 29.5 Å². The van der Waals surface area contributed by atoms with Gasteiger partial charge in [0.15, 0.2) is 0 Å². The van der Waals surface area contributed by atoms with Crippen LogP contribution in [0.4, 0.5) is 0 Å². The average Bonchev–Trinajstić information content (AvgIpc) is 2.21. The number of unbranched alkanes of at least 4 members (excludes halogenated alkanes) is 1. The molecule has 0 heterocycles. The summed E-state index contributed by atoms with van der Waals surface area (Å²) in [6.45, 7) is 10.6. The van der Waals surface area contributed by atoms with Crippen LogP contribution in [0.1, 0.15) is 33.1 Å². The largest absolute Gasteiger partial charge is 0.377 e. The second kappa shape index (κ2) is 6.44. The Kier molecular flexibility index (Phi) is 6.31. The first-order chi connectivity index (χ1) is 7.25. The van der Waals surface area contributed by atoms with Gasteiger partial charge in [-0.05, 0) is 13.3 Å². The summed E-state index contributed by atoms with van der Waals surface area (Å²) in [4.78, 5) is 0. The second-order valence-corrected chi connectivity index (χ2v) is 10.3. The fraction of sp³-hybridized carbons (Fsp3) is 0.846. The average molecular weight is 242 g/mol. The Morgan fingerprint density at radius 1 is 1.38 bits per heavy atom. The molecule has 0 aliphatic carbocycles. The molecule has 0 unspecified atom stereocenters. The lowest BCUT2D eigenvalue weighted by atomic mass is 9.93. The zero-order valence-corrected chi connectivity index (χ0v) is 12.6. The summed E-state index contributed by atoms with van der Waals surface area (Å²) in [6.07, 6.45) is 2.32. The molecule has 0 rings (SSSR count). The number of hydrogen-bond donors (Lipinski definition) is 1. The predicted octanol–water partition coefficient (Wildman–Crippen LogP) is 2.82. The van der Waals surface area contributed by atoms with Crippen LogP contribution in [-0.4, -0.2) is 32.0 Å². The lowest BCUT2D eigenvalue weighted by molar-refractivity contribution is -0.0725. The molecule has 0 aromatic rings. The molecule has 0 saturated carbocycles. The zero-order valence-electron chi connectivity index (χ0n) is 11.6. The quantitative estimate of drug-likeness (QED) is 0.593. The van der Waals surface area contributed by atoms with Crippen molar-refractivity contribution in [3.05, 3.63) is 0 Å². The van der Waals surface area contributed by atoms with Crippen molar-refractivity contribution in [2.75, 3.05) is 7.11 Å². The van der Waals surface area contributed by atoms with Crippen molar-refractivity contribution in [1.29, 1.82) is 0 Å². The Morgan fingerprint density at radius 2 is 1.94 bits per heavy atom. The fourth-order valence-electron chi connectivity index (χ4n) is 1.32. The molecule has 3 heteroatoms. The monoisotopic (exact) mass is 242 g/mol. The van der Waals surface area contributed by atoms with Gasteiger partial charge in [-0.1, -0.05) is 45.3 Å². The number of ether oxygens (including phenoxy) is 1. The first-order valence-corrected chi connectivity index (χ1v) is 9.51. The van der Waals surface area contributed by atoms with Gasteiger partial charge < -0.3 is 9.84 Å². The van der Waals surface area contributed by atoms with Crippen molar-refractivity contribution in [2.45, 2.75) is 64.5 Å². The van der Waals surface area contributed by atoms with Crippen LogP contribution < -0.4 is 0 Å². The third-order valence-corrected chi connectivity index (χ3v) is 3.55. The molecule has 0 aromatic carbocycles. The molecule has 0 amide bonds. The minimum atomic E-state index is -1.42. The molecule has 94 valence electrons. The number of methoxy groups -OCH3 is 1. The van der Waals surface area contributed by atoms with E-state index in [-0.39, 0.29) is 0 Å². The van der Waals surface area contributed by atoms with Crippen LogP contribution in [0.5, 0.6) is 0 Å². The van der Waals surface area contributed by atoms with Gasteiger partial charge in [0.05, 0.1) is 0 Å². The Hall–Kier alpha value is -0.303. The summed E-state index contributed by atoms with van der Waals surface area (Å²) in [5, 5.41) is 10.1. The molecule has 0 bridgehead atoms. The van der Waals surface area contributed by atoms with Gasteiger partial charge >= 0.3 is 0 Å². The molecule has 2 nitrogen and oxygen atoms in total. The summed E-state index contributed by atoms with van der Waals surface area (Å²) in [5.74, 6) is 2.97. The minimum Gasteiger partial charge on any atom is -0.377 e. The van der Waals surface area contributed by atoms with E-state index in [0.29, 0.717) is 0 Å². The summed E-state index contributed by atoms with van der Waals surface area (Å²) >= 11 is 0. The fourth-order valence-corrected chi connectivity index (χ4v) is 1.89.